The third-order valence-electron chi connectivity index (χ3n) is 3.63. The molecule has 1 atom stereocenters. The first-order valence-corrected chi connectivity index (χ1v) is 6.85. The van der Waals surface area contributed by atoms with E-state index in [1.54, 1.807) is 0 Å². The Bertz CT molecular complexity index is 612. The van der Waals surface area contributed by atoms with Crippen molar-refractivity contribution in [1.29, 1.82) is 0 Å². The molecule has 1 unspecified atom stereocenters. The van der Waals surface area contributed by atoms with Gasteiger partial charge in [-0.15, -0.1) is 0 Å². The number of rotatable bonds is 4. The highest BCUT2D eigenvalue weighted by molar-refractivity contribution is 6.10. The molecule has 1 aromatic carbocycles. The molecule has 1 aliphatic heterocycles. The lowest BCUT2D eigenvalue weighted by atomic mass is 10.0. The van der Waals surface area contributed by atoms with Gasteiger partial charge in [-0.3, -0.25) is 9.59 Å². The molecular formula is C15H17FN2O4. The molecule has 1 heterocycles. The molecule has 0 spiro atoms. The van der Waals surface area contributed by atoms with Crippen LogP contribution in [-0.2, 0) is 14.4 Å². The van der Waals surface area contributed by atoms with Gasteiger partial charge in [-0.2, -0.15) is 0 Å². The first kappa shape index (κ1) is 15.9. The van der Waals surface area contributed by atoms with E-state index in [2.05, 4.69) is 5.32 Å². The van der Waals surface area contributed by atoms with Gasteiger partial charge >= 0.3 is 5.97 Å². The SMILES string of the molecule is CC(C)(NC(=O)C1CCN(c2ccc(F)cc2)C1=O)C(=O)O. The van der Waals surface area contributed by atoms with E-state index < -0.39 is 35.1 Å². The molecule has 0 bridgehead atoms. The number of aliphatic carboxylic acids is 1. The summed E-state index contributed by atoms with van der Waals surface area (Å²) in [6.07, 6.45) is 0.289. The normalized spacial score (nSPS) is 18.4. The zero-order valence-corrected chi connectivity index (χ0v) is 12.3. The summed E-state index contributed by atoms with van der Waals surface area (Å²) in [7, 11) is 0. The van der Waals surface area contributed by atoms with Gasteiger partial charge in [0.05, 0.1) is 0 Å². The molecule has 118 valence electrons. The Morgan fingerprint density at radius 2 is 1.91 bits per heavy atom. The van der Waals surface area contributed by atoms with E-state index in [-0.39, 0.29) is 6.42 Å². The second-order valence-corrected chi connectivity index (χ2v) is 5.73. The Hall–Kier alpha value is -2.44. The molecule has 1 fully saturated rings. The molecule has 1 saturated heterocycles. The maximum Gasteiger partial charge on any atom is 0.328 e. The average molecular weight is 308 g/mol. The second-order valence-electron chi connectivity index (χ2n) is 5.73. The molecule has 1 aromatic rings. The van der Waals surface area contributed by atoms with E-state index >= 15 is 0 Å². The maximum absolute atomic E-state index is 12.9. The third kappa shape index (κ3) is 3.08. The quantitative estimate of drug-likeness (QED) is 0.817. The number of carboxylic acids is 1. The summed E-state index contributed by atoms with van der Waals surface area (Å²) in [4.78, 5) is 36.9. The van der Waals surface area contributed by atoms with Gasteiger partial charge < -0.3 is 15.3 Å². The molecule has 6 nitrogen and oxygen atoms in total. The van der Waals surface area contributed by atoms with Crippen LogP contribution in [0.25, 0.3) is 0 Å². The number of hydrogen-bond acceptors (Lipinski definition) is 3. The van der Waals surface area contributed by atoms with Gasteiger partial charge in [-0.25, -0.2) is 9.18 Å². The zero-order chi connectivity index (χ0) is 16.5. The van der Waals surface area contributed by atoms with Gasteiger partial charge in [-0.1, -0.05) is 0 Å². The van der Waals surface area contributed by atoms with E-state index in [4.69, 9.17) is 5.11 Å². The molecule has 22 heavy (non-hydrogen) atoms. The van der Waals surface area contributed by atoms with Crippen LogP contribution < -0.4 is 10.2 Å². The molecule has 1 aliphatic rings. The highest BCUT2D eigenvalue weighted by Gasteiger charge is 2.40. The molecule has 2 rings (SSSR count). The van der Waals surface area contributed by atoms with Crippen molar-refractivity contribution in [1.82, 2.24) is 5.32 Å². The molecule has 0 aliphatic carbocycles. The molecule has 2 N–H and O–H groups in total. The summed E-state index contributed by atoms with van der Waals surface area (Å²) in [5.41, 5.74) is -0.931. The van der Waals surface area contributed by atoms with Gasteiger partial charge in [0.1, 0.15) is 17.3 Å². The third-order valence-corrected chi connectivity index (χ3v) is 3.63. The van der Waals surface area contributed by atoms with Crippen LogP contribution in [0.5, 0.6) is 0 Å². The van der Waals surface area contributed by atoms with Gasteiger partial charge in [-0.05, 0) is 44.5 Å². The lowest BCUT2D eigenvalue weighted by Crippen LogP contribution is -2.52. The van der Waals surface area contributed by atoms with Crippen molar-refractivity contribution in [3.63, 3.8) is 0 Å². The number of carbonyl (C=O) groups is 3. The second kappa shape index (κ2) is 5.75. The van der Waals surface area contributed by atoms with Crippen molar-refractivity contribution < 1.29 is 23.9 Å². The van der Waals surface area contributed by atoms with E-state index in [9.17, 15) is 18.8 Å². The molecule has 0 saturated carbocycles. The minimum absolute atomic E-state index is 0.289. The van der Waals surface area contributed by atoms with Gasteiger partial charge in [0, 0.05) is 12.2 Å². The lowest BCUT2D eigenvalue weighted by Gasteiger charge is -2.23. The minimum atomic E-state index is -1.44. The van der Waals surface area contributed by atoms with Crippen molar-refractivity contribution in [2.45, 2.75) is 25.8 Å². The first-order valence-electron chi connectivity index (χ1n) is 6.85. The van der Waals surface area contributed by atoms with E-state index in [1.807, 2.05) is 0 Å². The van der Waals surface area contributed by atoms with Crippen molar-refractivity contribution in [3.8, 4) is 0 Å². The number of benzene rings is 1. The summed E-state index contributed by atoms with van der Waals surface area (Å²) in [6.45, 7) is 3.03. The minimum Gasteiger partial charge on any atom is -0.480 e. The molecular weight excluding hydrogens is 291 g/mol. The van der Waals surface area contributed by atoms with Crippen LogP contribution >= 0.6 is 0 Å². The number of carboxylic acid groups (broad SMARTS) is 1. The number of amides is 2. The van der Waals surface area contributed by atoms with Crippen LogP contribution in [0.1, 0.15) is 20.3 Å². The van der Waals surface area contributed by atoms with Crippen LogP contribution in [0, 0.1) is 11.7 Å². The van der Waals surface area contributed by atoms with Gasteiger partial charge in [0.2, 0.25) is 11.8 Å². The number of nitrogens with zero attached hydrogens (tertiary/aromatic N) is 1. The summed E-state index contributed by atoms with van der Waals surface area (Å²) >= 11 is 0. The Balaban J connectivity index is 2.09. The fourth-order valence-corrected chi connectivity index (χ4v) is 2.25. The highest BCUT2D eigenvalue weighted by Crippen LogP contribution is 2.26. The summed E-state index contributed by atoms with van der Waals surface area (Å²) in [5.74, 6) is -3.54. The van der Waals surface area contributed by atoms with Crippen molar-refractivity contribution in [2.24, 2.45) is 5.92 Å². The lowest BCUT2D eigenvalue weighted by molar-refractivity contribution is -0.147. The standard InChI is InChI=1S/C15H17FN2O4/c1-15(2,14(21)22)17-12(19)11-7-8-18(13(11)20)10-5-3-9(16)4-6-10/h3-6,11H,7-8H2,1-2H3,(H,17,19)(H,21,22). The molecule has 0 aromatic heterocycles. The number of anilines is 1. The highest BCUT2D eigenvalue weighted by atomic mass is 19.1. The average Bonchev–Trinajstić information content (AvgIpc) is 2.81. The van der Waals surface area contributed by atoms with E-state index in [1.165, 1.54) is 43.0 Å². The zero-order valence-electron chi connectivity index (χ0n) is 12.3. The van der Waals surface area contributed by atoms with Crippen molar-refractivity contribution in [2.75, 3.05) is 11.4 Å². The largest absolute Gasteiger partial charge is 0.480 e. The van der Waals surface area contributed by atoms with Gasteiger partial charge in [0.15, 0.2) is 0 Å². The van der Waals surface area contributed by atoms with Crippen LogP contribution in [0.3, 0.4) is 0 Å². The summed E-state index contributed by atoms with van der Waals surface area (Å²) < 4.78 is 12.9. The van der Waals surface area contributed by atoms with Gasteiger partial charge in [0.25, 0.3) is 0 Å². The summed E-state index contributed by atoms with van der Waals surface area (Å²) in [5, 5.41) is 11.4. The Morgan fingerprint density at radius 3 is 2.45 bits per heavy atom. The van der Waals surface area contributed by atoms with Crippen LogP contribution in [0.2, 0.25) is 0 Å². The number of carbonyl (C=O) groups excluding carboxylic acids is 2. The van der Waals surface area contributed by atoms with Crippen LogP contribution in [-0.4, -0.2) is 35.0 Å². The van der Waals surface area contributed by atoms with Crippen molar-refractivity contribution in [3.05, 3.63) is 30.1 Å². The fraction of sp³-hybridized carbons (Fsp3) is 0.400. The van der Waals surface area contributed by atoms with Crippen LogP contribution in [0.4, 0.5) is 10.1 Å². The van der Waals surface area contributed by atoms with Crippen LogP contribution in [0.15, 0.2) is 24.3 Å². The number of hydrogen-bond donors (Lipinski definition) is 2. The predicted octanol–water partition coefficient (Wildman–Crippen LogP) is 1.16. The van der Waals surface area contributed by atoms with Crippen molar-refractivity contribution >= 4 is 23.5 Å². The Kier molecular flexibility index (Phi) is 4.16. The summed E-state index contributed by atoms with van der Waals surface area (Å²) in [6, 6.07) is 5.41. The number of nitrogens with one attached hydrogen (secondary N) is 1. The Morgan fingerprint density at radius 1 is 1.32 bits per heavy atom. The molecule has 2 amide bonds. The fourth-order valence-electron chi connectivity index (χ4n) is 2.25. The van der Waals surface area contributed by atoms with E-state index in [0.29, 0.717) is 12.2 Å². The monoisotopic (exact) mass is 308 g/mol. The Labute approximate surface area is 126 Å². The molecule has 7 heteroatoms. The topological polar surface area (TPSA) is 86.7 Å². The molecule has 0 radical (unpaired) electrons. The predicted molar refractivity (Wildman–Crippen MR) is 76.7 cm³/mol. The first-order chi connectivity index (χ1) is 10.2. The smallest absolute Gasteiger partial charge is 0.328 e. The van der Waals surface area contributed by atoms with E-state index in [0.717, 1.165) is 0 Å². The maximum atomic E-state index is 12.9. The number of halogens is 1.